The Hall–Kier alpha value is -1.02. The molecule has 1 aromatic carbocycles. The highest BCUT2D eigenvalue weighted by Crippen LogP contribution is 2.28. The maximum absolute atomic E-state index is 9.67. The van der Waals surface area contributed by atoms with Crippen molar-refractivity contribution in [2.45, 2.75) is 17.9 Å². The fourth-order valence-corrected chi connectivity index (χ4v) is 2.70. The van der Waals surface area contributed by atoms with Gasteiger partial charge in [-0.25, -0.2) is 0 Å². The number of aliphatic hydroxyl groups is 1. The van der Waals surface area contributed by atoms with E-state index < -0.39 is 6.10 Å². The van der Waals surface area contributed by atoms with Gasteiger partial charge in [0.1, 0.15) is 0 Å². The van der Waals surface area contributed by atoms with Crippen LogP contribution in [0.15, 0.2) is 23.1 Å². The molecular formula is C13H18N2OS. The molecule has 0 aliphatic heterocycles. The van der Waals surface area contributed by atoms with Crippen molar-refractivity contribution in [1.82, 2.24) is 4.90 Å². The van der Waals surface area contributed by atoms with E-state index in [9.17, 15) is 5.11 Å². The molecule has 1 atom stereocenters. The topological polar surface area (TPSA) is 47.3 Å². The zero-order valence-corrected chi connectivity index (χ0v) is 11.3. The Balaban J connectivity index is 2.83. The number of hydrogen-bond acceptors (Lipinski definition) is 4. The largest absolute Gasteiger partial charge is 0.389 e. The molecule has 0 unspecified atom stereocenters. The van der Waals surface area contributed by atoms with Crippen molar-refractivity contribution in [3.05, 3.63) is 29.3 Å². The van der Waals surface area contributed by atoms with E-state index in [1.165, 1.54) is 0 Å². The van der Waals surface area contributed by atoms with E-state index in [-0.39, 0.29) is 0 Å². The Kier molecular flexibility index (Phi) is 5.49. The Morgan fingerprint density at radius 2 is 2.18 bits per heavy atom. The molecular weight excluding hydrogens is 232 g/mol. The van der Waals surface area contributed by atoms with Crippen LogP contribution in [0.4, 0.5) is 0 Å². The third kappa shape index (κ3) is 4.39. The van der Waals surface area contributed by atoms with Crippen LogP contribution in [0.25, 0.3) is 0 Å². The fourth-order valence-electron chi connectivity index (χ4n) is 1.41. The van der Waals surface area contributed by atoms with Crippen LogP contribution in [0, 0.1) is 11.3 Å². The zero-order valence-electron chi connectivity index (χ0n) is 10.5. The van der Waals surface area contributed by atoms with Crippen LogP contribution in [0.2, 0.25) is 0 Å². The molecule has 0 amide bonds. The van der Waals surface area contributed by atoms with E-state index in [1.807, 2.05) is 26.2 Å². The second kappa shape index (κ2) is 6.65. The monoisotopic (exact) mass is 250 g/mol. The lowest BCUT2D eigenvalue weighted by Crippen LogP contribution is -2.14. The van der Waals surface area contributed by atoms with Gasteiger partial charge in [-0.2, -0.15) is 5.26 Å². The molecule has 0 aromatic heterocycles. The molecule has 0 saturated heterocycles. The van der Waals surface area contributed by atoms with Crippen molar-refractivity contribution in [2.75, 3.05) is 26.4 Å². The van der Waals surface area contributed by atoms with Crippen LogP contribution in [0.5, 0.6) is 0 Å². The van der Waals surface area contributed by atoms with Crippen LogP contribution in [-0.4, -0.2) is 36.4 Å². The fraction of sp³-hybridized carbons (Fsp3) is 0.462. The zero-order chi connectivity index (χ0) is 12.8. The van der Waals surface area contributed by atoms with Gasteiger partial charge in [-0.3, -0.25) is 0 Å². The van der Waals surface area contributed by atoms with E-state index in [2.05, 4.69) is 11.0 Å². The number of hydrogen-bond donors (Lipinski definition) is 1. The van der Waals surface area contributed by atoms with Crippen molar-refractivity contribution < 1.29 is 5.11 Å². The van der Waals surface area contributed by atoms with Crippen LogP contribution in [0.3, 0.4) is 0 Å². The summed E-state index contributed by atoms with van der Waals surface area (Å²) in [6.07, 6.45) is -0.496. The maximum Gasteiger partial charge on any atom is 0.0992 e. The molecule has 0 saturated carbocycles. The minimum Gasteiger partial charge on any atom is -0.389 e. The van der Waals surface area contributed by atoms with Gasteiger partial charge in [0, 0.05) is 17.2 Å². The van der Waals surface area contributed by atoms with E-state index in [0.29, 0.717) is 5.56 Å². The van der Waals surface area contributed by atoms with Crippen molar-refractivity contribution in [2.24, 2.45) is 0 Å². The van der Waals surface area contributed by atoms with Crippen LogP contribution in [0.1, 0.15) is 24.2 Å². The number of aliphatic hydroxyl groups excluding tert-OH is 1. The molecule has 0 spiro atoms. The highest BCUT2D eigenvalue weighted by atomic mass is 32.2. The second-order valence-corrected chi connectivity index (χ2v) is 5.33. The molecule has 4 heteroatoms. The summed E-state index contributed by atoms with van der Waals surface area (Å²) in [4.78, 5) is 3.12. The third-order valence-electron chi connectivity index (χ3n) is 2.39. The maximum atomic E-state index is 9.67. The molecule has 0 aliphatic carbocycles. The summed E-state index contributed by atoms with van der Waals surface area (Å²) in [7, 11) is 4.06. The van der Waals surface area contributed by atoms with Crippen LogP contribution in [-0.2, 0) is 0 Å². The molecule has 1 N–H and O–H groups in total. The summed E-state index contributed by atoms with van der Waals surface area (Å²) in [5.74, 6) is 0.946. The predicted octanol–water partition coefficient (Wildman–Crippen LogP) is 2.27. The molecule has 0 fully saturated rings. The molecule has 0 radical (unpaired) electrons. The molecule has 92 valence electrons. The van der Waals surface area contributed by atoms with Gasteiger partial charge in [0.15, 0.2) is 0 Å². The second-order valence-electron chi connectivity index (χ2n) is 4.19. The summed E-state index contributed by atoms with van der Waals surface area (Å²) in [6, 6.07) is 7.56. The predicted molar refractivity (Wildman–Crippen MR) is 71.1 cm³/mol. The Morgan fingerprint density at radius 1 is 1.47 bits per heavy atom. The lowest BCUT2D eigenvalue weighted by molar-refractivity contribution is 0.196. The van der Waals surface area contributed by atoms with Gasteiger partial charge in [0.25, 0.3) is 0 Å². The lowest BCUT2D eigenvalue weighted by Gasteiger charge is -2.13. The summed E-state index contributed by atoms with van der Waals surface area (Å²) in [5, 5.41) is 18.5. The lowest BCUT2D eigenvalue weighted by atomic mass is 10.1. The van der Waals surface area contributed by atoms with E-state index in [4.69, 9.17) is 5.26 Å². The molecule has 0 heterocycles. The first-order valence-corrected chi connectivity index (χ1v) is 6.52. The van der Waals surface area contributed by atoms with Crippen LogP contribution < -0.4 is 0 Å². The van der Waals surface area contributed by atoms with Gasteiger partial charge in [-0.05, 0) is 38.7 Å². The molecule has 1 rings (SSSR count). The smallest absolute Gasteiger partial charge is 0.0992 e. The first kappa shape index (κ1) is 14.0. The van der Waals surface area contributed by atoms with Crippen molar-refractivity contribution in [3.8, 4) is 6.07 Å². The average molecular weight is 250 g/mol. The minimum absolute atomic E-state index is 0.496. The standard InChI is InChI=1S/C13H18N2OS/c1-10(16)12-5-4-11(9-14)8-13(12)17-7-6-15(2)3/h4-5,8,10,16H,6-7H2,1-3H3/t10-/m0/s1. The molecule has 0 aliphatic rings. The van der Waals surface area contributed by atoms with E-state index in [1.54, 1.807) is 24.8 Å². The van der Waals surface area contributed by atoms with Crippen molar-refractivity contribution in [3.63, 3.8) is 0 Å². The minimum atomic E-state index is -0.496. The molecule has 0 bridgehead atoms. The highest BCUT2D eigenvalue weighted by molar-refractivity contribution is 7.99. The Morgan fingerprint density at radius 3 is 2.71 bits per heavy atom. The van der Waals surface area contributed by atoms with E-state index in [0.717, 1.165) is 22.8 Å². The van der Waals surface area contributed by atoms with Gasteiger partial charge in [0.2, 0.25) is 0 Å². The van der Waals surface area contributed by atoms with Crippen molar-refractivity contribution in [1.29, 1.82) is 5.26 Å². The number of rotatable bonds is 5. The normalized spacial score (nSPS) is 12.5. The molecule has 17 heavy (non-hydrogen) atoms. The summed E-state index contributed by atoms with van der Waals surface area (Å²) >= 11 is 1.68. The Labute approximate surface area is 107 Å². The van der Waals surface area contributed by atoms with Crippen molar-refractivity contribution >= 4 is 11.8 Å². The number of benzene rings is 1. The SMILES string of the molecule is C[C@H](O)c1ccc(C#N)cc1SCCN(C)C. The average Bonchev–Trinajstić information content (AvgIpc) is 2.28. The van der Waals surface area contributed by atoms with Gasteiger partial charge in [-0.1, -0.05) is 6.07 Å². The van der Waals surface area contributed by atoms with Gasteiger partial charge in [-0.15, -0.1) is 11.8 Å². The first-order chi connectivity index (χ1) is 8.04. The van der Waals surface area contributed by atoms with Gasteiger partial charge in [0.05, 0.1) is 17.7 Å². The quantitative estimate of drug-likeness (QED) is 0.814. The summed E-state index contributed by atoms with van der Waals surface area (Å²) in [6.45, 7) is 2.72. The van der Waals surface area contributed by atoms with Gasteiger partial charge < -0.3 is 10.0 Å². The van der Waals surface area contributed by atoms with E-state index >= 15 is 0 Å². The number of nitriles is 1. The summed E-state index contributed by atoms with van der Waals surface area (Å²) in [5.41, 5.74) is 1.54. The Bertz CT molecular complexity index is 410. The third-order valence-corrected chi connectivity index (χ3v) is 3.44. The van der Waals surface area contributed by atoms with Gasteiger partial charge >= 0.3 is 0 Å². The highest BCUT2D eigenvalue weighted by Gasteiger charge is 2.09. The molecule has 3 nitrogen and oxygen atoms in total. The number of nitrogens with zero attached hydrogens (tertiary/aromatic N) is 2. The first-order valence-electron chi connectivity index (χ1n) is 5.54. The van der Waals surface area contributed by atoms with Crippen LogP contribution >= 0.6 is 11.8 Å². The summed E-state index contributed by atoms with van der Waals surface area (Å²) < 4.78 is 0. The molecule has 1 aromatic rings. The number of thioether (sulfide) groups is 1.